The summed E-state index contributed by atoms with van der Waals surface area (Å²) in [6.45, 7) is 5.16. The molecule has 3 heterocycles. The fourth-order valence-corrected chi connectivity index (χ4v) is 6.02. The number of ether oxygens (including phenoxy) is 1. The zero-order valence-corrected chi connectivity index (χ0v) is 23.2. The van der Waals surface area contributed by atoms with E-state index in [-0.39, 0.29) is 12.5 Å². The number of nitrogens with zero attached hydrogens (tertiary/aromatic N) is 2. The minimum atomic E-state index is -3.72. The number of carbonyl (C=O) groups excluding carboxylic acids is 1. The number of amides is 1. The molecule has 1 saturated heterocycles. The van der Waals surface area contributed by atoms with Crippen LogP contribution in [0.3, 0.4) is 0 Å². The predicted molar refractivity (Wildman–Crippen MR) is 150 cm³/mol. The van der Waals surface area contributed by atoms with Crippen LogP contribution in [0.5, 0.6) is 5.75 Å². The van der Waals surface area contributed by atoms with Gasteiger partial charge in [-0.2, -0.15) is 0 Å². The van der Waals surface area contributed by atoms with Crippen LogP contribution in [-0.2, 0) is 16.4 Å². The van der Waals surface area contributed by atoms with Crippen LogP contribution >= 0.6 is 0 Å². The molecular weight excluding hydrogens is 522 g/mol. The standard InChI is InChI=1S/C27H37N5O6S/c1-26(2,17-34)30-24-23-18(5-13-38-23)15-22(28-24)29-25(35)20-4-3-19(31-39(36,37)14-12-33)16-21(20)32-10-8-27(6-7-27)9-11-32/h3-4,15-16,31,33-34H,5-14,17H2,1-2H3,(H2,28,29,30,35). The van der Waals surface area contributed by atoms with E-state index in [1.807, 2.05) is 13.8 Å². The third-order valence-electron chi connectivity index (χ3n) is 7.76. The molecule has 12 heteroatoms. The maximum Gasteiger partial charge on any atom is 0.258 e. The van der Waals surface area contributed by atoms with Gasteiger partial charge in [0.15, 0.2) is 11.6 Å². The number of nitrogens with one attached hydrogen (secondary N) is 3. The molecule has 1 aromatic carbocycles. The zero-order valence-electron chi connectivity index (χ0n) is 22.4. The quantitative estimate of drug-likeness (QED) is 0.296. The molecule has 0 radical (unpaired) electrons. The Kier molecular flexibility index (Phi) is 7.38. The Bertz CT molecular complexity index is 1350. The minimum absolute atomic E-state index is 0.116. The van der Waals surface area contributed by atoms with Gasteiger partial charge in [-0.25, -0.2) is 13.4 Å². The van der Waals surface area contributed by atoms with E-state index in [1.165, 1.54) is 12.8 Å². The first kappa shape index (κ1) is 27.5. The molecule has 2 aromatic rings. The lowest BCUT2D eigenvalue weighted by Gasteiger charge is -2.35. The van der Waals surface area contributed by atoms with Gasteiger partial charge in [0, 0.05) is 25.1 Å². The second-order valence-corrected chi connectivity index (χ2v) is 13.3. The molecule has 2 fully saturated rings. The van der Waals surface area contributed by atoms with E-state index < -0.39 is 27.9 Å². The fraction of sp³-hybridized carbons (Fsp3) is 0.556. The number of hydrogen-bond donors (Lipinski definition) is 5. The molecule has 5 rings (SSSR count). The average Bonchev–Trinajstić information content (AvgIpc) is 3.45. The van der Waals surface area contributed by atoms with Gasteiger partial charge in [-0.15, -0.1) is 0 Å². The number of hydrogen-bond acceptors (Lipinski definition) is 9. The predicted octanol–water partition coefficient (Wildman–Crippen LogP) is 2.57. The van der Waals surface area contributed by atoms with Crippen LogP contribution < -0.4 is 25.0 Å². The van der Waals surface area contributed by atoms with Gasteiger partial charge < -0.3 is 30.5 Å². The Hall–Kier alpha value is -3.09. The first-order valence-electron chi connectivity index (χ1n) is 13.4. The van der Waals surface area contributed by atoms with Crippen LogP contribution in [0.1, 0.15) is 55.5 Å². The SMILES string of the molecule is CC(C)(CO)Nc1nc(NC(=O)c2ccc(NS(=O)(=O)CCO)cc2N2CCC3(CC2)CC3)cc2c1OCC2. The maximum atomic E-state index is 13.6. The van der Waals surface area contributed by atoms with E-state index in [2.05, 4.69) is 25.2 Å². The molecule has 1 spiro atoms. The summed E-state index contributed by atoms with van der Waals surface area (Å²) in [4.78, 5) is 20.4. The number of pyridine rings is 1. The summed E-state index contributed by atoms with van der Waals surface area (Å²) in [5.41, 5.74) is 2.10. The highest BCUT2D eigenvalue weighted by Gasteiger charge is 2.44. The summed E-state index contributed by atoms with van der Waals surface area (Å²) >= 11 is 0. The van der Waals surface area contributed by atoms with Crippen LogP contribution in [0, 0.1) is 5.41 Å². The Morgan fingerprint density at radius 2 is 1.90 bits per heavy atom. The van der Waals surface area contributed by atoms with Crippen molar-refractivity contribution in [3.63, 3.8) is 0 Å². The van der Waals surface area contributed by atoms with Crippen molar-refractivity contribution in [1.82, 2.24) is 4.98 Å². The third-order valence-corrected chi connectivity index (χ3v) is 9.03. The lowest BCUT2D eigenvalue weighted by atomic mass is 9.93. The summed E-state index contributed by atoms with van der Waals surface area (Å²) in [5, 5.41) is 24.9. The minimum Gasteiger partial charge on any atom is -0.489 e. The number of aliphatic hydroxyl groups is 2. The van der Waals surface area contributed by atoms with Crippen LogP contribution in [0.2, 0.25) is 0 Å². The van der Waals surface area contributed by atoms with Crippen LogP contribution in [0.15, 0.2) is 24.3 Å². The van der Waals surface area contributed by atoms with Gasteiger partial charge in [0.25, 0.3) is 5.91 Å². The Morgan fingerprint density at radius 3 is 2.56 bits per heavy atom. The largest absolute Gasteiger partial charge is 0.489 e. The Morgan fingerprint density at radius 1 is 1.15 bits per heavy atom. The molecule has 39 heavy (non-hydrogen) atoms. The van der Waals surface area contributed by atoms with Crippen molar-refractivity contribution in [1.29, 1.82) is 0 Å². The topological polar surface area (TPSA) is 153 Å². The molecule has 2 aliphatic heterocycles. The molecule has 5 N–H and O–H groups in total. The number of anilines is 4. The highest BCUT2D eigenvalue weighted by Crippen LogP contribution is 2.54. The maximum absolute atomic E-state index is 13.6. The summed E-state index contributed by atoms with van der Waals surface area (Å²) in [6, 6.07) is 6.66. The van der Waals surface area contributed by atoms with Crippen molar-refractivity contribution in [2.24, 2.45) is 5.41 Å². The van der Waals surface area contributed by atoms with Crippen molar-refractivity contribution in [2.75, 3.05) is 58.9 Å². The van der Waals surface area contributed by atoms with Crippen molar-refractivity contribution in [3.05, 3.63) is 35.4 Å². The molecule has 0 unspecified atom stereocenters. The number of fused-ring (bicyclic) bond motifs is 1. The van der Waals surface area contributed by atoms with E-state index in [9.17, 15) is 18.3 Å². The summed E-state index contributed by atoms with van der Waals surface area (Å²) in [6.07, 6.45) is 5.24. The van der Waals surface area contributed by atoms with Crippen LogP contribution in [0.4, 0.5) is 23.0 Å². The average molecular weight is 560 g/mol. The van der Waals surface area contributed by atoms with Gasteiger partial charge in [0.05, 0.1) is 48.1 Å². The Balaban J connectivity index is 1.43. The van der Waals surface area contributed by atoms with E-state index in [1.54, 1.807) is 24.3 Å². The molecular formula is C27H37N5O6S. The zero-order chi connectivity index (χ0) is 27.8. The van der Waals surface area contributed by atoms with Gasteiger partial charge >= 0.3 is 0 Å². The number of aliphatic hydroxyl groups excluding tert-OH is 2. The molecule has 212 valence electrons. The highest BCUT2D eigenvalue weighted by molar-refractivity contribution is 7.92. The third kappa shape index (κ3) is 6.23. The van der Waals surface area contributed by atoms with Crippen molar-refractivity contribution >= 4 is 38.9 Å². The number of piperidine rings is 1. The van der Waals surface area contributed by atoms with Gasteiger partial charge in [-0.1, -0.05) is 0 Å². The van der Waals surface area contributed by atoms with Gasteiger partial charge in [-0.05, 0) is 69.2 Å². The Labute approximate surface area is 229 Å². The van der Waals surface area contributed by atoms with Gasteiger partial charge in [0.1, 0.15) is 5.82 Å². The second kappa shape index (κ2) is 10.5. The molecule has 1 amide bonds. The fourth-order valence-electron chi connectivity index (χ4n) is 5.19. The van der Waals surface area contributed by atoms with E-state index >= 15 is 0 Å². The van der Waals surface area contributed by atoms with Crippen molar-refractivity contribution in [3.8, 4) is 5.75 Å². The van der Waals surface area contributed by atoms with Gasteiger partial charge in [0.2, 0.25) is 10.0 Å². The van der Waals surface area contributed by atoms with Crippen molar-refractivity contribution < 1.29 is 28.2 Å². The van der Waals surface area contributed by atoms with Gasteiger partial charge in [-0.3, -0.25) is 9.52 Å². The number of carbonyl (C=O) groups is 1. The summed E-state index contributed by atoms with van der Waals surface area (Å²) in [5.74, 6) is 0.666. The number of rotatable bonds is 10. The first-order chi connectivity index (χ1) is 18.5. The van der Waals surface area contributed by atoms with E-state index in [0.717, 1.165) is 31.5 Å². The lowest BCUT2D eigenvalue weighted by Crippen LogP contribution is -2.36. The monoisotopic (exact) mass is 559 g/mol. The van der Waals surface area contributed by atoms with E-state index in [4.69, 9.17) is 9.84 Å². The molecule has 3 aliphatic rings. The van der Waals surface area contributed by atoms with Crippen LogP contribution in [0.25, 0.3) is 0 Å². The number of benzene rings is 1. The molecule has 1 saturated carbocycles. The number of sulfonamides is 1. The molecule has 11 nitrogen and oxygen atoms in total. The molecule has 0 bridgehead atoms. The molecule has 1 aromatic heterocycles. The second-order valence-electron chi connectivity index (χ2n) is 11.4. The summed E-state index contributed by atoms with van der Waals surface area (Å²) < 4.78 is 32.8. The first-order valence-corrected chi connectivity index (χ1v) is 15.0. The molecule has 1 aliphatic carbocycles. The normalized spacial score (nSPS) is 17.9. The highest BCUT2D eigenvalue weighted by atomic mass is 32.2. The number of aromatic nitrogens is 1. The lowest BCUT2D eigenvalue weighted by molar-refractivity contribution is 0.102. The van der Waals surface area contributed by atoms with Crippen molar-refractivity contribution in [2.45, 2.75) is 51.5 Å². The smallest absolute Gasteiger partial charge is 0.258 e. The van der Waals surface area contributed by atoms with Crippen LogP contribution in [-0.4, -0.2) is 73.7 Å². The molecule has 0 atom stereocenters. The summed E-state index contributed by atoms with van der Waals surface area (Å²) in [7, 11) is -3.72. The van der Waals surface area contributed by atoms with E-state index in [0.29, 0.717) is 52.8 Å².